The monoisotopic (exact) mass is 663 g/mol. The highest BCUT2D eigenvalue weighted by atomic mass is 35.5. The van der Waals surface area contributed by atoms with Gasteiger partial charge in [0, 0.05) is 33.9 Å². The van der Waals surface area contributed by atoms with Gasteiger partial charge >= 0.3 is 11.4 Å². The van der Waals surface area contributed by atoms with Crippen molar-refractivity contribution in [1.82, 2.24) is 19.1 Å². The van der Waals surface area contributed by atoms with E-state index >= 15 is 0 Å². The molecule has 0 spiro atoms. The molecule has 4 aromatic carbocycles. The minimum absolute atomic E-state index is 0.0185. The van der Waals surface area contributed by atoms with E-state index < -0.39 is 11.4 Å². The van der Waals surface area contributed by atoms with Crippen LogP contribution in [-0.4, -0.2) is 43.4 Å². The quantitative estimate of drug-likeness (QED) is 0.221. The largest absolute Gasteiger partial charge is 0.394 e. The van der Waals surface area contributed by atoms with Crippen molar-refractivity contribution >= 4 is 56.6 Å². The zero-order valence-electron chi connectivity index (χ0n) is 25.1. The lowest BCUT2D eigenvalue weighted by Gasteiger charge is -2.41. The standard InChI is InChI=1S/C35H27Cl2N7O3/c1-20-22(17-38)5-3-7-29(20)44-30-15-23(36)8-10-27(30)32(40-34(44)46)39-18-21-4-2-6-25(14-21)43-31-16-24(37)9-11-28(31)33(41-35(43)47)42-13-12-26(42)19-45/h2-11,14-16,26,45H,12-13,18-19H2,1H3,(H,39,40,46)/t26-/m0/s1. The Labute approximate surface area is 278 Å². The van der Waals surface area contributed by atoms with E-state index in [1.165, 1.54) is 9.13 Å². The molecule has 0 radical (unpaired) electrons. The van der Waals surface area contributed by atoms with Crippen LogP contribution >= 0.6 is 23.2 Å². The van der Waals surface area contributed by atoms with Crippen LogP contribution < -0.4 is 21.6 Å². The predicted molar refractivity (Wildman–Crippen MR) is 184 cm³/mol. The van der Waals surface area contributed by atoms with Gasteiger partial charge in [-0.25, -0.2) is 9.59 Å². The summed E-state index contributed by atoms with van der Waals surface area (Å²) in [5, 5.41) is 24.9. The second kappa shape index (κ2) is 12.2. The van der Waals surface area contributed by atoms with Gasteiger partial charge < -0.3 is 15.3 Å². The molecule has 0 saturated carbocycles. The zero-order valence-corrected chi connectivity index (χ0v) is 26.6. The Bertz CT molecular complexity index is 2380. The lowest BCUT2D eigenvalue weighted by molar-refractivity contribution is 0.226. The predicted octanol–water partition coefficient (Wildman–Crippen LogP) is 5.75. The number of benzene rings is 4. The van der Waals surface area contributed by atoms with E-state index in [-0.39, 0.29) is 19.2 Å². The van der Waals surface area contributed by atoms with Crippen molar-refractivity contribution in [3.05, 3.63) is 127 Å². The van der Waals surface area contributed by atoms with E-state index in [0.717, 1.165) is 17.4 Å². The fourth-order valence-electron chi connectivity index (χ4n) is 6.11. The number of nitriles is 1. The van der Waals surface area contributed by atoms with Crippen molar-refractivity contribution in [3.63, 3.8) is 0 Å². The topological polar surface area (TPSA) is 129 Å². The van der Waals surface area contributed by atoms with E-state index in [2.05, 4.69) is 21.4 Å². The number of nitrogens with zero attached hydrogens (tertiary/aromatic N) is 6. The highest BCUT2D eigenvalue weighted by Gasteiger charge is 2.30. The molecular formula is C35H27Cl2N7O3. The van der Waals surface area contributed by atoms with Gasteiger partial charge in [-0.2, -0.15) is 15.2 Å². The maximum atomic E-state index is 13.5. The van der Waals surface area contributed by atoms with E-state index in [4.69, 9.17) is 23.2 Å². The van der Waals surface area contributed by atoms with Gasteiger partial charge in [-0.05, 0) is 85.1 Å². The molecule has 0 amide bonds. The molecule has 0 bridgehead atoms. The summed E-state index contributed by atoms with van der Waals surface area (Å²) in [4.78, 5) is 37.8. The van der Waals surface area contributed by atoms with Crippen LogP contribution in [0.15, 0.2) is 88.5 Å². The van der Waals surface area contributed by atoms with Crippen molar-refractivity contribution in [2.45, 2.75) is 25.9 Å². The first-order valence-electron chi connectivity index (χ1n) is 14.9. The Kier molecular flexibility index (Phi) is 7.90. The molecule has 0 unspecified atom stereocenters. The Morgan fingerprint density at radius 1 is 0.915 bits per heavy atom. The third-order valence-electron chi connectivity index (χ3n) is 8.61. The minimum Gasteiger partial charge on any atom is -0.394 e. The molecule has 234 valence electrons. The zero-order chi connectivity index (χ0) is 32.8. The Morgan fingerprint density at radius 2 is 1.62 bits per heavy atom. The van der Waals surface area contributed by atoms with Crippen LogP contribution in [-0.2, 0) is 6.54 Å². The normalized spacial score (nSPS) is 14.3. The molecule has 2 N–H and O–H groups in total. The molecule has 0 aliphatic carbocycles. The molecule has 3 heterocycles. The number of hydrogen-bond donors (Lipinski definition) is 2. The van der Waals surface area contributed by atoms with Crippen molar-refractivity contribution in [1.29, 1.82) is 5.26 Å². The molecule has 6 aromatic rings. The third kappa shape index (κ3) is 5.38. The number of halogens is 2. The van der Waals surface area contributed by atoms with Crippen LogP contribution in [0.1, 0.15) is 23.1 Å². The van der Waals surface area contributed by atoms with Crippen LogP contribution in [0.5, 0.6) is 0 Å². The number of aliphatic hydroxyl groups is 1. The van der Waals surface area contributed by atoms with E-state index in [1.807, 2.05) is 35.2 Å². The van der Waals surface area contributed by atoms with Crippen LogP contribution in [0.2, 0.25) is 10.0 Å². The van der Waals surface area contributed by atoms with Gasteiger partial charge in [-0.1, -0.05) is 41.4 Å². The third-order valence-corrected chi connectivity index (χ3v) is 9.08. The second-order valence-electron chi connectivity index (χ2n) is 11.4. The molecule has 1 atom stereocenters. The van der Waals surface area contributed by atoms with E-state index in [9.17, 15) is 20.0 Å². The van der Waals surface area contributed by atoms with Gasteiger partial charge in [0.15, 0.2) is 0 Å². The molecule has 47 heavy (non-hydrogen) atoms. The molecule has 1 aliphatic heterocycles. The molecule has 1 fully saturated rings. The molecule has 7 rings (SSSR count). The summed E-state index contributed by atoms with van der Waals surface area (Å²) in [6, 6.07) is 25.3. The van der Waals surface area contributed by atoms with Gasteiger partial charge in [0.1, 0.15) is 11.6 Å². The number of aliphatic hydroxyl groups excluding tert-OH is 1. The summed E-state index contributed by atoms with van der Waals surface area (Å²) >= 11 is 12.8. The lowest BCUT2D eigenvalue weighted by Crippen LogP contribution is -2.51. The van der Waals surface area contributed by atoms with Crippen LogP contribution in [0.25, 0.3) is 33.2 Å². The molecule has 1 aliphatic rings. The maximum absolute atomic E-state index is 13.5. The Morgan fingerprint density at radius 3 is 2.32 bits per heavy atom. The van der Waals surface area contributed by atoms with Crippen LogP contribution in [0, 0.1) is 18.3 Å². The van der Waals surface area contributed by atoms with Gasteiger partial charge in [-0.3, -0.25) is 9.13 Å². The molecule has 10 nitrogen and oxygen atoms in total. The Balaban J connectivity index is 1.27. The van der Waals surface area contributed by atoms with Crippen molar-refractivity contribution in [2.75, 3.05) is 23.4 Å². The van der Waals surface area contributed by atoms with Gasteiger partial charge in [0.25, 0.3) is 0 Å². The fourth-order valence-corrected chi connectivity index (χ4v) is 6.44. The summed E-state index contributed by atoms with van der Waals surface area (Å²) in [5.41, 5.74) is 3.23. The maximum Gasteiger partial charge on any atom is 0.354 e. The first-order chi connectivity index (χ1) is 22.8. The Hall–Kier alpha value is -5.21. The summed E-state index contributed by atoms with van der Waals surface area (Å²) in [6.07, 6.45) is 0.825. The van der Waals surface area contributed by atoms with Crippen molar-refractivity contribution in [2.24, 2.45) is 0 Å². The summed E-state index contributed by atoms with van der Waals surface area (Å²) in [6.45, 7) is 2.76. The van der Waals surface area contributed by atoms with Crippen molar-refractivity contribution in [3.8, 4) is 17.4 Å². The van der Waals surface area contributed by atoms with Crippen LogP contribution in [0.3, 0.4) is 0 Å². The summed E-state index contributed by atoms with van der Waals surface area (Å²) in [5.74, 6) is 0.897. The number of anilines is 2. The smallest absolute Gasteiger partial charge is 0.354 e. The second-order valence-corrected chi connectivity index (χ2v) is 12.2. The van der Waals surface area contributed by atoms with Crippen LogP contribution in [0.4, 0.5) is 11.6 Å². The first-order valence-corrected chi connectivity index (χ1v) is 15.7. The average molecular weight is 665 g/mol. The molecule has 2 aromatic heterocycles. The molecule has 12 heteroatoms. The van der Waals surface area contributed by atoms with E-state index in [0.29, 0.717) is 67.1 Å². The van der Waals surface area contributed by atoms with Gasteiger partial charge in [0.2, 0.25) is 0 Å². The number of fused-ring (bicyclic) bond motifs is 2. The number of hydrogen-bond acceptors (Lipinski definition) is 8. The number of rotatable bonds is 7. The SMILES string of the molecule is Cc1c(C#N)cccc1-n1c(=O)nc(NCc2cccc(-n3c(=O)nc(N4CC[C@H]4CO)c4ccc(Cl)cc43)c2)c2ccc(Cl)cc21. The summed E-state index contributed by atoms with van der Waals surface area (Å²) in [7, 11) is 0. The highest BCUT2D eigenvalue weighted by molar-refractivity contribution is 6.31. The average Bonchev–Trinajstić information content (AvgIpc) is 3.04. The highest BCUT2D eigenvalue weighted by Crippen LogP contribution is 2.33. The number of nitrogens with one attached hydrogen (secondary N) is 1. The van der Waals surface area contributed by atoms with E-state index in [1.54, 1.807) is 55.5 Å². The summed E-state index contributed by atoms with van der Waals surface area (Å²) < 4.78 is 2.99. The number of aromatic nitrogens is 4. The van der Waals surface area contributed by atoms with Gasteiger partial charge in [0.05, 0.1) is 46.7 Å². The minimum atomic E-state index is -0.527. The molecular weight excluding hydrogens is 637 g/mol. The lowest BCUT2D eigenvalue weighted by atomic mass is 10.0. The first kappa shape index (κ1) is 30.4. The molecule has 1 saturated heterocycles. The van der Waals surface area contributed by atoms with Crippen molar-refractivity contribution < 1.29 is 5.11 Å². The fraction of sp³-hybridized carbons (Fsp3) is 0.171. The van der Waals surface area contributed by atoms with Gasteiger partial charge in [-0.15, -0.1) is 0 Å².